The molecule has 0 aliphatic rings. The van der Waals surface area contributed by atoms with Gasteiger partial charge < -0.3 is 5.73 Å². The molecule has 1 aromatic heterocycles. The van der Waals surface area contributed by atoms with Crippen molar-refractivity contribution in [3.8, 4) is 5.69 Å². The lowest BCUT2D eigenvalue weighted by atomic mass is 10.0. The van der Waals surface area contributed by atoms with Gasteiger partial charge in [0.15, 0.2) is 0 Å². The maximum absolute atomic E-state index is 6.16. The lowest BCUT2D eigenvalue weighted by molar-refractivity contribution is 0.851. The van der Waals surface area contributed by atoms with Gasteiger partial charge in [-0.25, -0.2) is 4.98 Å². The molecule has 102 valence electrons. The summed E-state index contributed by atoms with van der Waals surface area (Å²) in [7, 11) is 0. The van der Waals surface area contributed by atoms with Crippen LogP contribution in [0.4, 0.5) is 5.95 Å². The minimum Gasteiger partial charge on any atom is -0.369 e. The van der Waals surface area contributed by atoms with Crippen LogP contribution in [0, 0.1) is 6.92 Å². The number of rotatable bonds is 2. The molecule has 0 amide bonds. The number of benzene rings is 2. The molecule has 3 rings (SSSR count). The third-order valence-corrected chi connectivity index (χ3v) is 3.64. The Kier molecular flexibility index (Phi) is 2.97. The van der Waals surface area contributed by atoms with E-state index in [9.17, 15) is 0 Å². The maximum atomic E-state index is 6.16. The smallest absolute Gasteiger partial charge is 0.205 e. The van der Waals surface area contributed by atoms with E-state index in [1.54, 1.807) is 0 Å². The summed E-state index contributed by atoms with van der Waals surface area (Å²) < 4.78 is 2.05. The minimum atomic E-state index is 0.438. The summed E-state index contributed by atoms with van der Waals surface area (Å²) >= 11 is 0. The monoisotopic (exact) mass is 265 g/mol. The fraction of sp³-hybridized carbons (Fsp3) is 0.235. The molecule has 1 heterocycles. The molecule has 0 radical (unpaired) electrons. The minimum absolute atomic E-state index is 0.438. The Labute approximate surface area is 119 Å². The number of nitrogens with zero attached hydrogens (tertiary/aromatic N) is 2. The highest BCUT2D eigenvalue weighted by molar-refractivity contribution is 5.81. The Bertz CT molecular complexity index is 769. The first-order valence-corrected chi connectivity index (χ1v) is 6.92. The summed E-state index contributed by atoms with van der Waals surface area (Å²) in [6, 6.07) is 14.6. The van der Waals surface area contributed by atoms with Gasteiger partial charge >= 0.3 is 0 Å². The summed E-state index contributed by atoms with van der Waals surface area (Å²) in [5, 5.41) is 0. The van der Waals surface area contributed by atoms with Crippen molar-refractivity contribution in [2.45, 2.75) is 26.7 Å². The Balaban J connectivity index is 2.33. The van der Waals surface area contributed by atoms with Gasteiger partial charge in [0, 0.05) is 0 Å². The summed E-state index contributed by atoms with van der Waals surface area (Å²) in [5.41, 5.74) is 11.7. The normalized spacial score (nSPS) is 11.4. The van der Waals surface area contributed by atoms with Crippen LogP contribution in [0.3, 0.4) is 0 Å². The Morgan fingerprint density at radius 2 is 1.85 bits per heavy atom. The van der Waals surface area contributed by atoms with Gasteiger partial charge in [-0.1, -0.05) is 38.1 Å². The molecule has 20 heavy (non-hydrogen) atoms. The van der Waals surface area contributed by atoms with Gasteiger partial charge in [0.1, 0.15) is 0 Å². The fourth-order valence-electron chi connectivity index (χ4n) is 2.64. The topological polar surface area (TPSA) is 43.8 Å². The van der Waals surface area contributed by atoms with Crippen molar-refractivity contribution < 1.29 is 0 Å². The zero-order chi connectivity index (χ0) is 14.3. The van der Waals surface area contributed by atoms with E-state index >= 15 is 0 Å². The first-order valence-electron chi connectivity index (χ1n) is 6.92. The van der Waals surface area contributed by atoms with Crippen molar-refractivity contribution in [3.63, 3.8) is 0 Å². The molecule has 0 saturated heterocycles. The highest BCUT2D eigenvalue weighted by Gasteiger charge is 2.14. The molecule has 0 spiro atoms. The van der Waals surface area contributed by atoms with Gasteiger partial charge in [-0.3, -0.25) is 4.57 Å². The third-order valence-electron chi connectivity index (χ3n) is 3.64. The Morgan fingerprint density at radius 3 is 2.60 bits per heavy atom. The van der Waals surface area contributed by atoms with Crippen LogP contribution < -0.4 is 5.73 Å². The van der Waals surface area contributed by atoms with E-state index in [0.29, 0.717) is 11.9 Å². The zero-order valence-electron chi connectivity index (χ0n) is 12.1. The van der Waals surface area contributed by atoms with Crippen molar-refractivity contribution in [1.82, 2.24) is 9.55 Å². The second-order valence-electron chi connectivity index (χ2n) is 5.51. The highest BCUT2D eigenvalue weighted by Crippen LogP contribution is 2.29. The van der Waals surface area contributed by atoms with Crippen molar-refractivity contribution in [2.24, 2.45) is 0 Å². The summed E-state index contributed by atoms with van der Waals surface area (Å²) in [5.74, 6) is 0.979. The lowest BCUT2D eigenvalue weighted by Crippen LogP contribution is -2.04. The first kappa shape index (κ1) is 12.7. The first-order chi connectivity index (χ1) is 9.58. The van der Waals surface area contributed by atoms with Crippen LogP contribution >= 0.6 is 0 Å². The number of aryl methyl sites for hydroxylation is 1. The second-order valence-corrected chi connectivity index (χ2v) is 5.51. The summed E-state index contributed by atoms with van der Waals surface area (Å²) in [6.07, 6.45) is 0. The maximum Gasteiger partial charge on any atom is 0.205 e. The largest absolute Gasteiger partial charge is 0.369 e. The van der Waals surface area contributed by atoms with Crippen LogP contribution in [-0.2, 0) is 0 Å². The number of hydrogen-bond acceptors (Lipinski definition) is 2. The molecular formula is C17H19N3. The molecule has 0 fully saturated rings. The molecule has 0 saturated carbocycles. The Hall–Kier alpha value is -2.29. The van der Waals surface area contributed by atoms with Crippen LogP contribution in [0.5, 0.6) is 0 Å². The molecule has 3 aromatic rings. The Morgan fingerprint density at radius 1 is 1.10 bits per heavy atom. The highest BCUT2D eigenvalue weighted by atomic mass is 15.2. The average molecular weight is 265 g/mol. The SMILES string of the molecule is Cc1ccc2c(c1)nc(N)n2-c1ccccc1C(C)C. The number of fused-ring (bicyclic) bond motifs is 1. The summed E-state index contributed by atoms with van der Waals surface area (Å²) in [6.45, 7) is 6.45. The molecule has 0 atom stereocenters. The molecule has 2 N–H and O–H groups in total. The molecular weight excluding hydrogens is 246 g/mol. The van der Waals surface area contributed by atoms with E-state index in [1.807, 2.05) is 10.6 Å². The van der Waals surface area contributed by atoms with E-state index in [4.69, 9.17) is 5.73 Å². The van der Waals surface area contributed by atoms with Gasteiger partial charge in [-0.15, -0.1) is 0 Å². The van der Waals surface area contributed by atoms with Gasteiger partial charge in [-0.05, 0) is 42.2 Å². The van der Waals surface area contributed by atoms with Crippen LogP contribution in [-0.4, -0.2) is 9.55 Å². The number of nitrogens with two attached hydrogens (primary N) is 1. The number of para-hydroxylation sites is 1. The average Bonchev–Trinajstić information content (AvgIpc) is 2.73. The quantitative estimate of drug-likeness (QED) is 0.760. The predicted molar refractivity (Wildman–Crippen MR) is 84.3 cm³/mol. The van der Waals surface area contributed by atoms with E-state index in [1.165, 1.54) is 11.1 Å². The molecule has 0 aliphatic heterocycles. The van der Waals surface area contributed by atoms with Crippen LogP contribution in [0.1, 0.15) is 30.9 Å². The van der Waals surface area contributed by atoms with E-state index in [-0.39, 0.29) is 0 Å². The lowest BCUT2D eigenvalue weighted by Gasteiger charge is -2.15. The number of nitrogen functional groups attached to an aromatic ring is 1. The third kappa shape index (κ3) is 1.95. The van der Waals surface area contributed by atoms with Crippen molar-refractivity contribution in [3.05, 3.63) is 53.6 Å². The molecule has 3 nitrogen and oxygen atoms in total. The zero-order valence-corrected chi connectivity index (χ0v) is 12.1. The van der Waals surface area contributed by atoms with Crippen molar-refractivity contribution in [1.29, 1.82) is 0 Å². The summed E-state index contributed by atoms with van der Waals surface area (Å²) in [4.78, 5) is 4.49. The predicted octanol–water partition coefficient (Wildman–Crippen LogP) is 4.04. The number of imidazole rings is 1. The number of anilines is 1. The molecule has 0 bridgehead atoms. The molecule has 2 aromatic carbocycles. The number of aromatic nitrogens is 2. The fourth-order valence-corrected chi connectivity index (χ4v) is 2.64. The molecule has 0 aliphatic carbocycles. The molecule has 0 unspecified atom stereocenters. The van der Waals surface area contributed by atoms with Gasteiger partial charge in [0.05, 0.1) is 16.7 Å². The van der Waals surface area contributed by atoms with Crippen LogP contribution in [0.2, 0.25) is 0 Å². The number of hydrogen-bond donors (Lipinski definition) is 1. The van der Waals surface area contributed by atoms with Gasteiger partial charge in [-0.2, -0.15) is 0 Å². The molecule has 3 heteroatoms. The van der Waals surface area contributed by atoms with Crippen LogP contribution in [0.15, 0.2) is 42.5 Å². The van der Waals surface area contributed by atoms with Crippen molar-refractivity contribution in [2.75, 3.05) is 5.73 Å². The van der Waals surface area contributed by atoms with E-state index < -0.39 is 0 Å². The standard InChI is InChI=1S/C17H19N3/c1-11(2)13-6-4-5-7-15(13)20-16-9-8-12(3)10-14(16)19-17(20)18/h4-11H,1-3H3,(H2,18,19). The van der Waals surface area contributed by atoms with Crippen LogP contribution in [0.25, 0.3) is 16.7 Å². The van der Waals surface area contributed by atoms with Gasteiger partial charge in [0.2, 0.25) is 5.95 Å². The van der Waals surface area contributed by atoms with Gasteiger partial charge in [0.25, 0.3) is 0 Å². The van der Waals surface area contributed by atoms with E-state index in [0.717, 1.165) is 16.7 Å². The van der Waals surface area contributed by atoms with E-state index in [2.05, 4.69) is 62.2 Å². The van der Waals surface area contributed by atoms with Crippen molar-refractivity contribution >= 4 is 17.0 Å². The second kappa shape index (κ2) is 4.67.